The number of carbonyl (C=O) groups is 2. The highest BCUT2D eigenvalue weighted by Crippen LogP contribution is 2.34. The number of carboxylic acids is 1. The number of nitrogens with zero attached hydrogens (tertiary/aromatic N) is 1. The molecule has 1 heterocycles. The third kappa shape index (κ3) is 3.10. The molecule has 1 saturated carbocycles. The van der Waals surface area contributed by atoms with E-state index in [1.807, 2.05) is 0 Å². The van der Waals surface area contributed by atoms with Gasteiger partial charge in [-0.3, -0.25) is 4.79 Å². The molecule has 1 fully saturated rings. The van der Waals surface area contributed by atoms with E-state index < -0.39 is 5.97 Å². The van der Waals surface area contributed by atoms with Gasteiger partial charge in [-0.2, -0.15) is 0 Å². The predicted molar refractivity (Wildman–Crippen MR) is 70.2 cm³/mol. The summed E-state index contributed by atoms with van der Waals surface area (Å²) in [6.45, 7) is 3.73. The minimum absolute atomic E-state index is 0.131. The van der Waals surface area contributed by atoms with E-state index in [0.717, 1.165) is 19.3 Å². The van der Waals surface area contributed by atoms with Crippen molar-refractivity contribution in [2.75, 3.05) is 0 Å². The maximum Gasteiger partial charge on any atom is 0.337 e. The van der Waals surface area contributed by atoms with Crippen molar-refractivity contribution in [1.82, 2.24) is 10.3 Å². The molecule has 0 bridgehead atoms. The Kier molecular flexibility index (Phi) is 3.83. The van der Waals surface area contributed by atoms with Gasteiger partial charge in [0.05, 0.1) is 11.3 Å². The number of carbonyl (C=O) groups excluding carboxylic acids is 1. The highest BCUT2D eigenvalue weighted by molar-refractivity contribution is 5.94. The molecular formula is C14H18N2O3. The Hall–Kier alpha value is -1.91. The standard InChI is InChI=1S/C14H18N2O3/c1-3-4-9-7-12(9)16-13(17)11-6-5-10(14(18)19)8(2)15-11/h5-6,9,12H,3-4,7H2,1-2H3,(H,16,17)(H,18,19). The van der Waals surface area contributed by atoms with Gasteiger partial charge in [-0.05, 0) is 37.8 Å². The molecule has 5 heteroatoms. The molecule has 2 unspecified atom stereocenters. The van der Waals surface area contributed by atoms with E-state index >= 15 is 0 Å². The van der Waals surface area contributed by atoms with Gasteiger partial charge in [-0.1, -0.05) is 13.3 Å². The van der Waals surface area contributed by atoms with Crippen LogP contribution in [0, 0.1) is 12.8 Å². The number of nitrogens with one attached hydrogen (secondary N) is 1. The van der Waals surface area contributed by atoms with Crippen molar-refractivity contribution in [2.24, 2.45) is 5.92 Å². The van der Waals surface area contributed by atoms with Gasteiger partial charge in [0, 0.05) is 6.04 Å². The van der Waals surface area contributed by atoms with Gasteiger partial charge in [-0.25, -0.2) is 9.78 Å². The van der Waals surface area contributed by atoms with Gasteiger partial charge >= 0.3 is 5.97 Å². The molecule has 0 aromatic carbocycles. The highest BCUT2D eigenvalue weighted by Gasteiger charge is 2.37. The quantitative estimate of drug-likeness (QED) is 0.850. The average Bonchev–Trinajstić information content (AvgIpc) is 3.07. The normalized spacial score (nSPS) is 20.9. The molecule has 1 amide bonds. The Bertz CT molecular complexity index is 513. The van der Waals surface area contributed by atoms with E-state index in [1.165, 1.54) is 12.1 Å². The molecule has 2 atom stereocenters. The summed E-state index contributed by atoms with van der Waals surface area (Å²) in [5.41, 5.74) is 0.775. The molecular weight excluding hydrogens is 244 g/mol. The zero-order valence-corrected chi connectivity index (χ0v) is 11.1. The van der Waals surface area contributed by atoms with E-state index in [4.69, 9.17) is 5.11 Å². The molecule has 1 aromatic rings. The molecule has 0 spiro atoms. The molecule has 102 valence electrons. The van der Waals surface area contributed by atoms with Crippen LogP contribution in [0.2, 0.25) is 0 Å². The predicted octanol–water partition coefficient (Wildman–Crippen LogP) is 2.01. The number of aryl methyl sites for hydroxylation is 1. The number of hydrogen-bond acceptors (Lipinski definition) is 3. The van der Waals surface area contributed by atoms with Crippen molar-refractivity contribution in [3.05, 3.63) is 29.1 Å². The summed E-state index contributed by atoms with van der Waals surface area (Å²) in [5, 5.41) is 11.8. The van der Waals surface area contributed by atoms with Crippen molar-refractivity contribution < 1.29 is 14.7 Å². The summed E-state index contributed by atoms with van der Waals surface area (Å²) in [6.07, 6.45) is 3.29. The SMILES string of the molecule is CCCC1CC1NC(=O)c1ccc(C(=O)O)c(C)n1. The van der Waals surface area contributed by atoms with Crippen LogP contribution in [0.1, 0.15) is 52.7 Å². The average molecular weight is 262 g/mol. The number of aromatic nitrogens is 1. The minimum Gasteiger partial charge on any atom is -0.478 e. The second-order valence-electron chi connectivity index (χ2n) is 5.00. The molecule has 0 radical (unpaired) electrons. The minimum atomic E-state index is -1.03. The molecule has 19 heavy (non-hydrogen) atoms. The second kappa shape index (κ2) is 5.38. The number of amides is 1. The lowest BCUT2D eigenvalue weighted by Crippen LogP contribution is -2.28. The van der Waals surface area contributed by atoms with Gasteiger partial charge in [0.25, 0.3) is 5.91 Å². The summed E-state index contributed by atoms with van der Waals surface area (Å²) in [7, 11) is 0. The topological polar surface area (TPSA) is 79.3 Å². The van der Waals surface area contributed by atoms with Crippen LogP contribution in [-0.2, 0) is 0 Å². The van der Waals surface area contributed by atoms with Crippen LogP contribution in [0.5, 0.6) is 0 Å². The van der Waals surface area contributed by atoms with Gasteiger partial charge in [-0.15, -0.1) is 0 Å². The van der Waals surface area contributed by atoms with Crippen LogP contribution in [0.25, 0.3) is 0 Å². The fourth-order valence-corrected chi connectivity index (χ4v) is 2.27. The lowest BCUT2D eigenvalue weighted by atomic mass is 10.2. The van der Waals surface area contributed by atoms with Gasteiger partial charge in [0.1, 0.15) is 5.69 Å². The van der Waals surface area contributed by atoms with E-state index in [0.29, 0.717) is 11.6 Å². The van der Waals surface area contributed by atoms with Crippen molar-refractivity contribution in [1.29, 1.82) is 0 Å². The fourth-order valence-electron chi connectivity index (χ4n) is 2.27. The van der Waals surface area contributed by atoms with Crippen LogP contribution in [-0.4, -0.2) is 28.0 Å². The number of pyridine rings is 1. The summed E-state index contributed by atoms with van der Waals surface area (Å²) < 4.78 is 0. The Morgan fingerprint density at radius 2 is 2.21 bits per heavy atom. The number of aromatic carboxylic acids is 1. The molecule has 0 saturated heterocycles. The van der Waals surface area contributed by atoms with Crippen LogP contribution < -0.4 is 5.32 Å². The van der Waals surface area contributed by atoms with E-state index in [-0.39, 0.29) is 23.2 Å². The number of hydrogen-bond donors (Lipinski definition) is 2. The molecule has 2 N–H and O–H groups in total. The van der Waals surface area contributed by atoms with Crippen LogP contribution in [0.4, 0.5) is 0 Å². The third-order valence-electron chi connectivity index (χ3n) is 3.45. The molecule has 5 nitrogen and oxygen atoms in total. The monoisotopic (exact) mass is 262 g/mol. The van der Waals surface area contributed by atoms with Gasteiger partial charge in [0.2, 0.25) is 0 Å². The van der Waals surface area contributed by atoms with E-state index in [1.54, 1.807) is 6.92 Å². The maximum absolute atomic E-state index is 12.0. The van der Waals surface area contributed by atoms with E-state index in [9.17, 15) is 9.59 Å². The summed E-state index contributed by atoms with van der Waals surface area (Å²) in [6, 6.07) is 3.15. The summed E-state index contributed by atoms with van der Waals surface area (Å²) >= 11 is 0. The first-order chi connectivity index (χ1) is 9.02. The Labute approximate surface area is 112 Å². The van der Waals surface area contributed by atoms with Gasteiger partial charge in [0.15, 0.2) is 0 Å². The van der Waals surface area contributed by atoms with Crippen molar-refractivity contribution >= 4 is 11.9 Å². The van der Waals surface area contributed by atoms with Crippen molar-refractivity contribution in [2.45, 2.75) is 39.2 Å². The summed E-state index contributed by atoms with van der Waals surface area (Å²) in [4.78, 5) is 26.9. The second-order valence-corrected chi connectivity index (χ2v) is 5.00. The van der Waals surface area contributed by atoms with Crippen LogP contribution in [0.3, 0.4) is 0 Å². The highest BCUT2D eigenvalue weighted by atomic mass is 16.4. The Morgan fingerprint density at radius 3 is 2.79 bits per heavy atom. The number of rotatable bonds is 5. The zero-order chi connectivity index (χ0) is 14.0. The number of carboxylic acid groups (broad SMARTS) is 1. The Morgan fingerprint density at radius 1 is 1.47 bits per heavy atom. The van der Waals surface area contributed by atoms with Crippen LogP contribution >= 0.6 is 0 Å². The lowest BCUT2D eigenvalue weighted by Gasteiger charge is -2.06. The molecule has 0 aliphatic heterocycles. The van der Waals surface area contributed by atoms with Gasteiger partial charge < -0.3 is 10.4 Å². The van der Waals surface area contributed by atoms with Crippen molar-refractivity contribution in [3.8, 4) is 0 Å². The van der Waals surface area contributed by atoms with Crippen LogP contribution in [0.15, 0.2) is 12.1 Å². The smallest absolute Gasteiger partial charge is 0.337 e. The maximum atomic E-state index is 12.0. The molecule has 2 rings (SSSR count). The molecule has 1 aromatic heterocycles. The summed E-state index contributed by atoms with van der Waals surface area (Å²) in [5.74, 6) is -0.654. The lowest BCUT2D eigenvalue weighted by molar-refractivity contribution is 0.0694. The fraction of sp³-hybridized carbons (Fsp3) is 0.500. The third-order valence-corrected chi connectivity index (χ3v) is 3.45. The Balaban J connectivity index is 2.00. The van der Waals surface area contributed by atoms with Crippen molar-refractivity contribution in [3.63, 3.8) is 0 Å². The zero-order valence-electron chi connectivity index (χ0n) is 11.1. The first-order valence-electron chi connectivity index (χ1n) is 6.54. The molecule has 1 aliphatic rings. The molecule has 1 aliphatic carbocycles. The first-order valence-corrected chi connectivity index (χ1v) is 6.54. The first kappa shape index (κ1) is 13.5. The van der Waals surface area contributed by atoms with E-state index in [2.05, 4.69) is 17.2 Å². The largest absolute Gasteiger partial charge is 0.478 e.